The number of rotatable bonds is 2. The monoisotopic (exact) mass is 300 g/mol. The van der Waals surface area contributed by atoms with Crippen LogP contribution in [0.4, 0.5) is 4.39 Å². The lowest BCUT2D eigenvalue weighted by molar-refractivity contribution is 0.0909. The SMILES string of the molecule is CC1(NC(=O)c2cc(Br)ccc2F)CCNC1. The van der Waals surface area contributed by atoms with E-state index in [1.54, 1.807) is 6.07 Å². The Bertz CT molecular complexity index is 444. The zero-order valence-electron chi connectivity index (χ0n) is 9.52. The molecule has 1 heterocycles. The van der Waals surface area contributed by atoms with E-state index in [4.69, 9.17) is 0 Å². The summed E-state index contributed by atoms with van der Waals surface area (Å²) < 4.78 is 14.2. The standard InChI is InChI=1S/C12H14BrFN2O/c1-12(4-5-15-7-12)16-11(17)9-6-8(13)2-3-10(9)14/h2-3,6,15H,4-5,7H2,1H3,(H,16,17). The van der Waals surface area contributed by atoms with Crippen molar-refractivity contribution in [2.45, 2.75) is 18.9 Å². The molecule has 1 atom stereocenters. The number of nitrogens with one attached hydrogen (secondary N) is 2. The van der Waals surface area contributed by atoms with Crippen LogP contribution < -0.4 is 10.6 Å². The molecule has 92 valence electrons. The van der Waals surface area contributed by atoms with Gasteiger partial charge in [0.15, 0.2) is 0 Å². The third kappa shape index (κ3) is 2.84. The minimum atomic E-state index is -0.500. The van der Waals surface area contributed by atoms with E-state index in [-0.39, 0.29) is 17.0 Å². The summed E-state index contributed by atoms with van der Waals surface area (Å²) in [6.07, 6.45) is 0.856. The predicted octanol–water partition coefficient (Wildman–Crippen LogP) is 2.07. The van der Waals surface area contributed by atoms with Gasteiger partial charge >= 0.3 is 0 Å². The molecule has 5 heteroatoms. The maximum Gasteiger partial charge on any atom is 0.254 e. The molecule has 1 aliphatic rings. The highest BCUT2D eigenvalue weighted by molar-refractivity contribution is 9.10. The second-order valence-electron chi connectivity index (χ2n) is 4.57. The lowest BCUT2D eigenvalue weighted by Gasteiger charge is -2.24. The summed E-state index contributed by atoms with van der Waals surface area (Å²) >= 11 is 3.23. The molecule has 1 saturated heterocycles. The lowest BCUT2D eigenvalue weighted by Crippen LogP contribution is -2.47. The molecule has 1 unspecified atom stereocenters. The summed E-state index contributed by atoms with van der Waals surface area (Å²) in [5, 5.41) is 6.06. The fourth-order valence-electron chi connectivity index (χ4n) is 1.94. The van der Waals surface area contributed by atoms with Crippen LogP contribution in [0.2, 0.25) is 0 Å². The fraction of sp³-hybridized carbons (Fsp3) is 0.417. The average molecular weight is 301 g/mol. The van der Waals surface area contributed by atoms with Crippen LogP contribution >= 0.6 is 15.9 Å². The van der Waals surface area contributed by atoms with Crippen molar-refractivity contribution in [2.75, 3.05) is 13.1 Å². The Morgan fingerprint density at radius 2 is 2.35 bits per heavy atom. The molecule has 0 aliphatic carbocycles. The average Bonchev–Trinajstić information content (AvgIpc) is 2.68. The van der Waals surface area contributed by atoms with Crippen LogP contribution in [0.5, 0.6) is 0 Å². The van der Waals surface area contributed by atoms with Gasteiger partial charge in [-0.1, -0.05) is 15.9 Å². The summed E-state index contributed by atoms with van der Waals surface area (Å²) in [6, 6.07) is 4.36. The molecule has 1 aromatic rings. The Hall–Kier alpha value is -0.940. The summed E-state index contributed by atoms with van der Waals surface area (Å²) in [7, 11) is 0. The minimum absolute atomic E-state index is 0.0764. The molecule has 2 rings (SSSR count). The predicted molar refractivity (Wildman–Crippen MR) is 67.5 cm³/mol. The summed E-state index contributed by atoms with van der Waals surface area (Å²) in [5.74, 6) is -0.866. The van der Waals surface area contributed by atoms with E-state index in [2.05, 4.69) is 26.6 Å². The van der Waals surface area contributed by atoms with Gasteiger partial charge in [0.2, 0.25) is 0 Å². The van der Waals surface area contributed by atoms with Crippen LogP contribution in [0.25, 0.3) is 0 Å². The summed E-state index contributed by atoms with van der Waals surface area (Å²) in [5.41, 5.74) is -0.209. The number of hydrogen-bond donors (Lipinski definition) is 2. The lowest BCUT2D eigenvalue weighted by atomic mass is 10.0. The van der Waals surface area contributed by atoms with Gasteiger partial charge in [-0.05, 0) is 38.1 Å². The maximum atomic E-state index is 13.5. The number of carbonyl (C=O) groups is 1. The third-order valence-electron chi connectivity index (χ3n) is 2.96. The Balaban J connectivity index is 2.17. The quantitative estimate of drug-likeness (QED) is 0.878. The van der Waals surface area contributed by atoms with Gasteiger partial charge in [-0.2, -0.15) is 0 Å². The molecule has 2 N–H and O–H groups in total. The molecular formula is C12H14BrFN2O. The Morgan fingerprint density at radius 1 is 1.59 bits per heavy atom. The van der Waals surface area contributed by atoms with Crippen LogP contribution in [0, 0.1) is 5.82 Å². The van der Waals surface area contributed by atoms with E-state index < -0.39 is 5.82 Å². The van der Waals surface area contributed by atoms with Crippen molar-refractivity contribution in [3.63, 3.8) is 0 Å². The third-order valence-corrected chi connectivity index (χ3v) is 3.45. The topological polar surface area (TPSA) is 41.1 Å². The second kappa shape index (κ2) is 4.74. The Kier molecular flexibility index (Phi) is 3.49. The maximum absolute atomic E-state index is 13.5. The molecule has 0 saturated carbocycles. The molecule has 1 fully saturated rings. The van der Waals surface area contributed by atoms with E-state index in [1.165, 1.54) is 12.1 Å². The highest BCUT2D eigenvalue weighted by Gasteiger charge is 2.30. The van der Waals surface area contributed by atoms with Gasteiger partial charge in [0.25, 0.3) is 5.91 Å². The molecule has 0 spiro atoms. The van der Waals surface area contributed by atoms with Crippen LogP contribution in [-0.2, 0) is 0 Å². The van der Waals surface area contributed by atoms with Gasteiger partial charge in [0.1, 0.15) is 5.82 Å². The number of halogens is 2. The van der Waals surface area contributed by atoms with Gasteiger partial charge in [-0.3, -0.25) is 4.79 Å². The number of benzene rings is 1. The van der Waals surface area contributed by atoms with E-state index >= 15 is 0 Å². The Morgan fingerprint density at radius 3 is 3.00 bits per heavy atom. The van der Waals surface area contributed by atoms with E-state index in [0.29, 0.717) is 11.0 Å². The molecule has 17 heavy (non-hydrogen) atoms. The number of hydrogen-bond acceptors (Lipinski definition) is 2. The zero-order valence-corrected chi connectivity index (χ0v) is 11.1. The Labute approximate surface area is 108 Å². The molecule has 3 nitrogen and oxygen atoms in total. The zero-order chi connectivity index (χ0) is 12.5. The van der Waals surface area contributed by atoms with Crippen molar-refractivity contribution in [1.82, 2.24) is 10.6 Å². The highest BCUT2D eigenvalue weighted by atomic mass is 79.9. The molecule has 1 amide bonds. The van der Waals surface area contributed by atoms with Gasteiger partial charge in [0, 0.05) is 11.0 Å². The molecule has 1 aromatic carbocycles. The van der Waals surface area contributed by atoms with Crippen molar-refractivity contribution in [3.05, 3.63) is 34.1 Å². The second-order valence-corrected chi connectivity index (χ2v) is 5.48. The molecular weight excluding hydrogens is 287 g/mol. The smallest absolute Gasteiger partial charge is 0.254 e. The van der Waals surface area contributed by atoms with Crippen molar-refractivity contribution in [2.24, 2.45) is 0 Å². The highest BCUT2D eigenvalue weighted by Crippen LogP contribution is 2.18. The first kappa shape index (κ1) is 12.5. The minimum Gasteiger partial charge on any atom is -0.345 e. The first-order chi connectivity index (χ1) is 8.00. The van der Waals surface area contributed by atoms with Gasteiger partial charge < -0.3 is 10.6 Å². The van der Waals surface area contributed by atoms with E-state index in [9.17, 15) is 9.18 Å². The number of amides is 1. The van der Waals surface area contributed by atoms with Crippen LogP contribution in [0.15, 0.2) is 22.7 Å². The van der Waals surface area contributed by atoms with Gasteiger partial charge in [0.05, 0.1) is 11.1 Å². The fourth-order valence-corrected chi connectivity index (χ4v) is 2.30. The van der Waals surface area contributed by atoms with Crippen LogP contribution in [0.1, 0.15) is 23.7 Å². The van der Waals surface area contributed by atoms with Crippen LogP contribution in [0.3, 0.4) is 0 Å². The summed E-state index contributed by atoms with van der Waals surface area (Å²) in [4.78, 5) is 12.0. The van der Waals surface area contributed by atoms with E-state index in [1.807, 2.05) is 6.92 Å². The van der Waals surface area contributed by atoms with E-state index in [0.717, 1.165) is 13.0 Å². The first-order valence-corrected chi connectivity index (χ1v) is 6.28. The van der Waals surface area contributed by atoms with Gasteiger partial charge in [-0.25, -0.2) is 4.39 Å². The molecule has 1 aliphatic heterocycles. The van der Waals surface area contributed by atoms with Crippen molar-refractivity contribution in [1.29, 1.82) is 0 Å². The largest absolute Gasteiger partial charge is 0.345 e. The normalized spacial score (nSPS) is 23.7. The number of carbonyl (C=O) groups excluding carboxylic acids is 1. The van der Waals surface area contributed by atoms with Crippen molar-refractivity contribution >= 4 is 21.8 Å². The first-order valence-electron chi connectivity index (χ1n) is 5.48. The van der Waals surface area contributed by atoms with Crippen molar-refractivity contribution in [3.8, 4) is 0 Å². The molecule has 0 bridgehead atoms. The molecule has 0 aromatic heterocycles. The summed E-state index contributed by atoms with van der Waals surface area (Å²) in [6.45, 7) is 3.55. The van der Waals surface area contributed by atoms with Crippen molar-refractivity contribution < 1.29 is 9.18 Å². The van der Waals surface area contributed by atoms with Crippen LogP contribution in [-0.4, -0.2) is 24.5 Å². The molecule has 0 radical (unpaired) electrons. The van der Waals surface area contributed by atoms with Gasteiger partial charge in [-0.15, -0.1) is 0 Å².